The Hall–Kier alpha value is -2.57. The van der Waals surface area contributed by atoms with Crippen molar-refractivity contribution in [2.75, 3.05) is 32.1 Å². The molecule has 1 saturated heterocycles. The number of halogens is 1. The molecule has 2 atom stereocenters. The highest BCUT2D eigenvalue weighted by atomic mass is 35.5. The van der Waals surface area contributed by atoms with Crippen LogP contribution >= 0.6 is 12.4 Å². The molecule has 0 bridgehead atoms. The van der Waals surface area contributed by atoms with Crippen molar-refractivity contribution in [1.29, 1.82) is 0 Å². The molecular formula is C23H30ClN3O3. The number of hydrogen-bond acceptors (Lipinski definition) is 4. The van der Waals surface area contributed by atoms with Crippen LogP contribution in [0.5, 0.6) is 5.75 Å². The Morgan fingerprint density at radius 1 is 1.13 bits per heavy atom. The standard InChI is InChI=1S/C23H29N3O3.ClH/c1-16-8-10-17(11-9-16)26-21(27)13-12-19(23(28)25-15-14-24-2)22(26)18-6-4-5-7-20(18)29-3;/h4-11,19,22,24H,12-15H2,1-3H3,(H,25,28);1H. The van der Waals surface area contributed by atoms with E-state index in [-0.39, 0.29) is 30.1 Å². The fraction of sp³-hybridized carbons (Fsp3) is 0.391. The molecule has 0 aromatic heterocycles. The van der Waals surface area contributed by atoms with Crippen LogP contribution in [-0.4, -0.2) is 39.1 Å². The maximum Gasteiger partial charge on any atom is 0.227 e. The largest absolute Gasteiger partial charge is 0.496 e. The summed E-state index contributed by atoms with van der Waals surface area (Å²) >= 11 is 0. The molecule has 0 aliphatic carbocycles. The number of nitrogens with zero attached hydrogens (tertiary/aromatic N) is 1. The number of para-hydroxylation sites is 1. The van der Waals surface area contributed by atoms with E-state index in [1.54, 1.807) is 12.0 Å². The average Bonchev–Trinajstić information content (AvgIpc) is 2.74. The van der Waals surface area contributed by atoms with Crippen molar-refractivity contribution in [2.24, 2.45) is 5.92 Å². The number of aryl methyl sites for hydroxylation is 1. The molecule has 1 fully saturated rings. The van der Waals surface area contributed by atoms with Crippen molar-refractivity contribution in [3.8, 4) is 5.75 Å². The van der Waals surface area contributed by atoms with Crippen LogP contribution in [0, 0.1) is 12.8 Å². The van der Waals surface area contributed by atoms with Gasteiger partial charge in [0.2, 0.25) is 11.8 Å². The lowest BCUT2D eigenvalue weighted by atomic mass is 9.82. The number of hydrogen-bond donors (Lipinski definition) is 2. The monoisotopic (exact) mass is 431 g/mol. The van der Waals surface area contributed by atoms with E-state index in [4.69, 9.17) is 4.74 Å². The highest BCUT2D eigenvalue weighted by Crippen LogP contribution is 2.43. The summed E-state index contributed by atoms with van der Waals surface area (Å²) < 4.78 is 5.58. The number of carbonyl (C=O) groups excluding carboxylic acids is 2. The van der Waals surface area contributed by atoms with Gasteiger partial charge in [0.1, 0.15) is 5.75 Å². The third-order valence-corrected chi connectivity index (χ3v) is 5.38. The summed E-state index contributed by atoms with van der Waals surface area (Å²) in [6, 6.07) is 15.1. The van der Waals surface area contributed by atoms with Gasteiger partial charge in [0.25, 0.3) is 0 Å². The van der Waals surface area contributed by atoms with Crippen molar-refractivity contribution in [1.82, 2.24) is 10.6 Å². The third kappa shape index (κ3) is 5.12. The molecule has 3 rings (SSSR count). The van der Waals surface area contributed by atoms with Crippen LogP contribution < -0.4 is 20.3 Å². The zero-order valence-corrected chi connectivity index (χ0v) is 18.5. The van der Waals surface area contributed by atoms with Gasteiger partial charge in [-0.1, -0.05) is 35.9 Å². The molecule has 1 heterocycles. The lowest BCUT2D eigenvalue weighted by Crippen LogP contribution is -2.49. The molecular weight excluding hydrogens is 402 g/mol. The van der Waals surface area contributed by atoms with Crippen LogP contribution in [0.2, 0.25) is 0 Å². The molecule has 1 aliphatic heterocycles. The topological polar surface area (TPSA) is 70.7 Å². The van der Waals surface area contributed by atoms with Crippen molar-refractivity contribution in [2.45, 2.75) is 25.8 Å². The molecule has 6 nitrogen and oxygen atoms in total. The molecule has 0 radical (unpaired) electrons. The van der Waals surface area contributed by atoms with Gasteiger partial charge in [0, 0.05) is 30.8 Å². The first-order valence-electron chi connectivity index (χ1n) is 10.0. The molecule has 2 aromatic carbocycles. The van der Waals surface area contributed by atoms with Crippen LogP contribution in [0.1, 0.15) is 30.0 Å². The van der Waals surface area contributed by atoms with E-state index in [2.05, 4.69) is 10.6 Å². The van der Waals surface area contributed by atoms with Crippen molar-refractivity contribution in [3.63, 3.8) is 0 Å². The summed E-state index contributed by atoms with van der Waals surface area (Å²) in [4.78, 5) is 27.9. The Bertz CT molecular complexity index is 857. The number of nitrogens with one attached hydrogen (secondary N) is 2. The summed E-state index contributed by atoms with van der Waals surface area (Å²) in [5, 5.41) is 6.04. The maximum atomic E-state index is 13.1. The van der Waals surface area contributed by atoms with Crippen molar-refractivity contribution in [3.05, 3.63) is 59.7 Å². The van der Waals surface area contributed by atoms with E-state index in [9.17, 15) is 9.59 Å². The van der Waals surface area contributed by atoms with E-state index in [0.717, 1.165) is 16.8 Å². The minimum absolute atomic E-state index is 0. The quantitative estimate of drug-likeness (QED) is 0.660. The number of benzene rings is 2. The lowest BCUT2D eigenvalue weighted by molar-refractivity contribution is -0.129. The van der Waals surface area contributed by atoms with Gasteiger partial charge in [-0.25, -0.2) is 0 Å². The second-order valence-electron chi connectivity index (χ2n) is 7.33. The Morgan fingerprint density at radius 3 is 2.50 bits per heavy atom. The maximum absolute atomic E-state index is 13.1. The summed E-state index contributed by atoms with van der Waals surface area (Å²) in [6.45, 7) is 3.25. The van der Waals surface area contributed by atoms with Crippen LogP contribution in [0.15, 0.2) is 48.5 Å². The molecule has 0 saturated carbocycles. The molecule has 2 amide bonds. The van der Waals surface area contributed by atoms with Crippen LogP contribution in [0.4, 0.5) is 5.69 Å². The fourth-order valence-corrected chi connectivity index (χ4v) is 3.89. The second-order valence-corrected chi connectivity index (χ2v) is 7.33. The zero-order chi connectivity index (χ0) is 20.8. The minimum atomic E-state index is -0.426. The van der Waals surface area contributed by atoms with Gasteiger partial charge in [-0.05, 0) is 38.6 Å². The van der Waals surface area contributed by atoms with E-state index in [1.807, 2.05) is 62.5 Å². The lowest BCUT2D eigenvalue weighted by Gasteiger charge is -2.41. The minimum Gasteiger partial charge on any atom is -0.496 e. The highest BCUT2D eigenvalue weighted by molar-refractivity contribution is 5.97. The normalized spacial score (nSPS) is 18.5. The highest BCUT2D eigenvalue weighted by Gasteiger charge is 2.42. The van der Waals surface area contributed by atoms with Gasteiger partial charge >= 0.3 is 0 Å². The molecule has 2 N–H and O–H groups in total. The van der Waals surface area contributed by atoms with Crippen molar-refractivity contribution < 1.29 is 14.3 Å². The smallest absolute Gasteiger partial charge is 0.227 e. The number of piperidine rings is 1. The average molecular weight is 432 g/mol. The number of amides is 2. The van der Waals surface area contributed by atoms with Gasteiger partial charge in [0.15, 0.2) is 0 Å². The first kappa shape index (κ1) is 23.7. The predicted octanol–water partition coefficient (Wildman–Crippen LogP) is 3.25. The van der Waals surface area contributed by atoms with Gasteiger partial charge in [-0.3, -0.25) is 9.59 Å². The van der Waals surface area contributed by atoms with E-state index < -0.39 is 6.04 Å². The molecule has 30 heavy (non-hydrogen) atoms. The van der Waals surface area contributed by atoms with E-state index in [0.29, 0.717) is 31.7 Å². The van der Waals surface area contributed by atoms with E-state index in [1.165, 1.54) is 0 Å². The van der Waals surface area contributed by atoms with Crippen LogP contribution in [-0.2, 0) is 9.59 Å². The number of methoxy groups -OCH3 is 1. The Kier molecular flexibility index (Phi) is 8.69. The zero-order valence-electron chi connectivity index (χ0n) is 17.7. The SMILES string of the molecule is CNCCNC(=O)C1CCC(=O)N(c2ccc(C)cc2)C1c1ccccc1OC.Cl. The summed E-state index contributed by atoms with van der Waals surface area (Å²) in [6.07, 6.45) is 0.846. The summed E-state index contributed by atoms with van der Waals surface area (Å²) in [7, 11) is 3.46. The van der Waals surface area contributed by atoms with Gasteiger partial charge in [-0.15, -0.1) is 12.4 Å². The summed E-state index contributed by atoms with van der Waals surface area (Å²) in [5.41, 5.74) is 2.76. The van der Waals surface area contributed by atoms with Gasteiger partial charge in [-0.2, -0.15) is 0 Å². The Morgan fingerprint density at radius 2 is 1.83 bits per heavy atom. The fourth-order valence-electron chi connectivity index (χ4n) is 3.89. The number of ether oxygens (including phenoxy) is 1. The molecule has 162 valence electrons. The van der Waals surface area contributed by atoms with Gasteiger partial charge in [0.05, 0.1) is 19.1 Å². The molecule has 0 spiro atoms. The Labute approximate surface area is 184 Å². The third-order valence-electron chi connectivity index (χ3n) is 5.38. The van der Waals surface area contributed by atoms with E-state index >= 15 is 0 Å². The number of rotatable bonds is 7. The van der Waals surface area contributed by atoms with Crippen LogP contribution in [0.25, 0.3) is 0 Å². The number of likely N-dealkylation sites (N-methyl/N-ethyl adjacent to an activating group) is 1. The second kappa shape index (κ2) is 11.0. The molecule has 7 heteroatoms. The number of carbonyl (C=O) groups is 2. The Balaban J connectivity index is 0.00000320. The van der Waals surface area contributed by atoms with Crippen molar-refractivity contribution >= 4 is 29.9 Å². The first-order chi connectivity index (χ1) is 14.1. The first-order valence-corrected chi connectivity index (χ1v) is 10.0. The van der Waals surface area contributed by atoms with Gasteiger partial charge < -0.3 is 20.3 Å². The molecule has 1 aliphatic rings. The number of anilines is 1. The molecule has 2 unspecified atom stereocenters. The molecule has 2 aromatic rings. The predicted molar refractivity (Wildman–Crippen MR) is 121 cm³/mol. The summed E-state index contributed by atoms with van der Waals surface area (Å²) in [5.74, 6) is 0.296. The van der Waals surface area contributed by atoms with Crippen LogP contribution in [0.3, 0.4) is 0 Å².